The van der Waals surface area contributed by atoms with E-state index in [1.54, 1.807) is 10.6 Å². The van der Waals surface area contributed by atoms with Crippen molar-refractivity contribution in [1.29, 1.82) is 0 Å². The first kappa shape index (κ1) is 16.5. The summed E-state index contributed by atoms with van der Waals surface area (Å²) in [4.78, 5) is 8.03. The molecule has 0 aromatic carbocycles. The maximum Gasteiger partial charge on any atom is 0.422 e. The molecule has 1 N–H and O–H groups in total. The standard InChI is InChI=1S/C14H11BrF3N5O/c15-11-3-2-10-13(21-8-22-23(10)11)20-6-9-1-4-12(19-5-9)24-7-14(16,17)18/h1-5,8H,6-7H2,(H,20,21,22). The van der Waals surface area contributed by atoms with Crippen molar-refractivity contribution in [2.75, 3.05) is 11.9 Å². The van der Waals surface area contributed by atoms with Gasteiger partial charge in [0.1, 0.15) is 16.4 Å². The summed E-state index contributed by atoms with van der Waals surface area (Å²) in [6.45, 7) is -0.957. The van der Waals surface area contributed by atoms with Crippen LogP contribution in [0.25, 0.3) is 5.52 Å². The lowest BCUT2D eigenvalue weighted by molar-refractivity contribution is -0.154. The fraction of sp³-hybridized carbons (Fsp3) is 0.214. The number of hydrogen-bond donors (Lipinski definition) is 1. The molecule has 126 valence electrons. The van der Waals surface area contributed by atoms with Crippen LogP contribution < -0.4 is 10.1 Å². The van der Waals surface area contributed by atoms with Crippen LogP contribution in [0.4, 0.5) is 19.0 Å². The molecule has 0 unspecified atom stereocenters. The highest BCUT2D eigenvalue weighted by molar-refractivity contribution is 9.10. The van der Waals surface area contributed by atoms with Gasteiger partial charge in [0, 0.05) is 18.8 Å². The molecular formula is C14H11BrF3N5O. The predicted octanol–water partition coefficient (Wildman–Crippen LogP) is 3.44. The first-order chi connectivity index (χ1) is 11.4. The first-order valence-electron chi connectivity index (χ1n) is 6.79. The number of ether oxygens (including phenoxy) is 1. The predicted molar refractivity (Wildman–Crippen MR) is 83.8 cm³/mol. The molecule has 0 aliphatic heterocycles. The highest BCUT2D eigenvalue weighted by Crippen LogP contribution is 2.20. The zero-order valence-electron chi connectivity index (χ0n) is 12.1. The van der Waals surface area contributed by atoms with Crippen LogP contribution in [-0.2, 0) is 6.54 Å². The lowest BCUT2D eigenvalue weighted by atomic mass is 10.3. The zero-order valence-corrected chi connectivity index (χ0v) is 13.7. The van der Waals surface area contributed by atoms with Gasteiger partial charge in [0.25, 0.3) is 0 Å². The number of rotatable bonds is 5. The Labute approximate surface area is 142 Å². The van der Waals surface area contributed by atoms with Crippen molar-refractivity contribution in [1.82, 2.24) is 19.6 Å². The van der Waals surface area contributed by atoms with Crippen molar-refractivity contribution in [3.8, 4) is 5.88 Å². The first-order valence-corrected chi connectivity index (χ1v) is 7.58. The van der Waals surface area contributed by atoms with Crippen LogP contribution in [0.3, 0.4) is 0 Å². The molecule has 3 aromatic heterocycles. The molecule has 0 atom stereocenters. The Balaban J connectivity index is 1.64. The average Bonchev–Trinajstić information content (AvgIpc) is 2.93. The minimum Gasteiger partial charge on any atom is -0.468 e. The van der Waals surface area contributed by atoms with E-state index in [0.29, 0.717) is 12.4 Å². The monoisotopic (exact) mass is 401 g/mol. The number of pyridine rings is 1. The molecule has 0 aliphatic carbocycles. The van der Waals surface area contributed by atoms with Gasteiger partial charge in [0.15, 0.2) is 12.4 Å². The van der Waals surface area contributed by atoms with Gasteiger partial charge in [-0.25, -0.2) is 14.5 Å². The Morgan fingerprint density at radius 2 is 2.00 bits per heavy atom. The molecular weight excluding hydrogens is 391 g/mol. The van der Waals surface area contributed by atoms with E-state index in [9.17, 15) is 13.2 Å². The SMILES string of the molecule is FC(F)(F)COc1ccc(CNc2ncnn3c(Br)ccc23)cn1. The van der Waals surface area contributed by atoms with Crippen molar-refractivity contribution in [3.05, 3.63) is 47.0 Å². The Morgan fingerprint density at radius 3 is 2.71 bits per heavy atom. The second kappa shape index (κ2) is 6.63. The number of nitrogens with zero attached hydrogens (tertiary/aromatic N) is 4. The van der Waals surface area contributed by atoms with Crippen LogP contribution >= 0.6 is 15.9 Å². The van der Waals surface area contributed by atoms with Crippen LogP contribution in [0.5, 0.6) is 5.88 Å². The normalized spacial score (nSPS) is 11.7. The molecule has 6 nitrogen and oxygen atoms in total. The van der Waals surface area contributed by atoms with Gasteiger partial charge >= 0.3 is 6.18 Å². The van der Waals surface area contributed by atoms with Gasteiger partial charge in [-0.1, -0.05) is 6.07 Å². The lowest BCUT2D eigenvalue weighted by Gasteiger charge is -2.09. The summed E-state index contributed by atoms with van der Waals surface area (Å²) in [5.41, 5.74) is 1.57. The van der Waals surface area contributed by atoms with Crippen LogP contribution in [0.1, 0.15) is 5.56 Å². The lowest BCUT2D eigenvalue weighted by Crippen LogP contribution is -2.19. The number of nitrogens with one attached hydrogen (secondary N) is 1. The largest absolute Gasteiger partial charge is 0.468 e. The Morgan fingerprint density at radius 1 is 1.17 bits per heavy atom. The molecule has 0 saturated heterocycles. The van der Waals surface area contributed by atoms with Crippen LogP contribution in [0, 0.1) is 0 Å². The molecule has 0 bridgehead atoms. The number of aromatic nitrogens is 4. The second-order valence-corrected chi connectivity index (χ2v) is 5.64. The quantitative estimate of drug-likeness (QED) is 0.709. The summed E-state index contributed by atoms with van der Waals surface area (Å²) >= 11 is 3.37. The minimum absolute atomic E-state index is 0.0731. The van der Waals surface area contributed by atoms with E-state index in [2.05, 4.69) is 41.1 Å². The molecule has 0 amide bonds. The molecule has 0 saturated carbocycles. The Bertz CT molecular complexity index is 835. The molecule has 10 heteroatoms. The third kappa shape index (κ3) is 3.94. The smallest absolute Gasteiger partial charge is 0.422 e. The summed E-state index contributed by atoms with van der Waals surface area (Å²) in [6.07, 6.45) is -1.51. The maximum atomic E-state index is 12.1. The van der Waals surface area contributed by atoms with Crippen LogP contribution in [-0.4, -0.2) is 32.4 Å². The average molecular weight is 402 g/mol. The summed E-state index contributed by atoms with van der Waals surface area (Å²) in [7, 11) is 0. The van der Waals surface area contributed by atoms with E-state index in [1.807, 2.05) is 12.1 Å². The van der Waals surface area contributed by atoms with E-state index >= 15 is 0 Å². The number of hydrogen-bond acceptors (Lipinski definition) is 5. The van der Waals surface area contributed by atoms with E-state index in [4.69, 9.17) is 0 Å². The van der Waals surface area contributed by atoms with Crippen molar-refractivity contribution < 1.29 is 17.9 Å². The van der Waals surface area contributed by atoms with Gasteiger partial charge in [-0.3, -0.25) is 0 Å². The minimum atomic E-state index is -4.38. The van der Waals surface area contributed by atoms with Gasteiger partial charge < -0.3 is 10.1 Å². The molecule has 3 aromatic rings. The zero-order chi connectivity index (χ0) is 17.2. The molecule has 0 aliphatic rings. The van der Waals surface area contributed by atoms with E-state index in [0.717, 1.165) is 15.7 Å². The van der Waals surface area contributed by atoms with Crippen LogP contribution in [0.15, 0.2) is 41.4 Å². The number of halogens is 4. The molecule has 3 heterocycles. The van der Waals surface area contributed by atoms with Gasteiger partial charge in [0.05, 0.1) is 0 Å². The summed E-state index contributed by atoms with van der Waals surface area (Å²) in [6, 6.07) is 6.74. The number of anilines is 1. The van der Waals surface area contributed by atoms with Crippen molar-refractivity contribution in [2.45, 2.75) is 12.7 Å². The Hall–Kier alpha value is -2.36. The van der Waals surface area contributed by atoms with Gasteiger partial charge in [-0.2, -0.15) is 18.3 Å². The van der Waals surface area contributed by atoms with E-state index in [-0.39, 0.29) is 5.88 Å². The third-order valence-corrected chi connectivity index (χ3v) is 3.65. The summed E-state index contributed by atoms with van der Waals surface area (Å²) in [5, 5.41) is 7.25. The van der Waals surface area contributed by atoms with Crippen molar-refractivity contribution >= 4 is 27.3 Å². The fourth-order valence-corrected chi connectivity index (χ4v) is 2.40. The van der Waals surface area contributed by atoms with Gasteiger partial charge in [0.2, 0.25) is 5.88 Å². The van der Waals surface area contributed by atoms with Gasteiger partial charge in [-0.15, -0.1) is 0 Å². The number of fused-ring (bicyclic) bond motifs is 1. The maximum absolute atomic E-state index is 12.1. The van der Waals surface area contributed by atoms with E-state index < -0.39 is 12.8 Å². The third-order valence-electron chi connectivity index (χ3n) is 3.05. The van der Waals surface area contributed by atoms with Gasteiger partial charge in [-0.05, 0) is 33.6 Å². The Kier molecular flexibility index (Phi) is 4.56. The molecule has 3 rings (SSSR count). The second-order valence-electron chi connectivity index (χ2n) is 4.82. The molecule has 0 fully saturated rings. The summed E-state index contributed by atoms with van der Waals surface area (Å²) < 4.78 is 43.3. The topological polar surface area (TPSA) is 64.3 Å². The van der Waals surface area contributed by atoms with Crippen molar-refractivity contribution in [3.63, 3.8) is 0 Å². The molecule has 24 heavy (non-hydrogen) atoms. The van der Waals surface area contributed by atoms with Crippen LogP contribution in [0.2, 0.25) is 0 Å². The van der Waals surface area contributed by atoms with Crippen molar-refractivity contribution in [2.24, 2.45) is 0 Å². The molecule has 0 spiro atoms. The number of alkyl halides is 3. The highest BCUT2D eigenvalue weighted by atomic mass is 79.9. The fourth-order valence-electron chi connectivity index (χ4n) is 1.98. The van der Waals surface area contributed by atoms with E-state index in [1.165, 1.54) is 18.6 Å². The molecule has 0 radical (unpaired) electrons. The summed E-state index contributed by atoms with van der Waals surface area (Å²) in [5.74, 6) is 0.559. The highest BCUT2D eigenvalue weighted by Gasteiger charge is 2.28.